The van der Waals surface area contributed by atoms with E-state index in [4.69, 9.17) is 0 Å². The molecule has 1 aromatic carbocycles. The lowest BCUT2D eigenvalue weighted by Crippen LogP contribution is -2.22. The van der Waals surface area contributed by atoms with Crippen molar-refractivity contribution in [2.24, 2.45) is 0 Å². The highest BCUT2D eigenvalue weighted by atomic mass is 16.1. The summed E-state index contributed by atoms with van der Waals surface area (Å²) in [5.41, 5.74) is 4.70. The zero-order valence-corrected chi connectivity index (χ0v) is 14.3. The maximum atomic E-state index is 13.0. The van der Waals surface area contributed by atoms with Gasteiger partial charge in [0.25, 0.3) is 5.56 Å². The van der Waals surface area contributed by atoms with E-state index in [0.29, 0.717) is 22.5 Å². The van der Waals surface area contributed by atoms with Crippen molar-refractivity contribution < 1.29 is 0 Å². The van der Waals surface area contributed by atoms with Crippen molar-refractivity contribution in [1.29, 1.82) is 5.26 Å². The summed E-state index contributed by atoms with van der Waals surface area (Å²) >= 11 is 0. The lowest BCUT2D eigenvalue weighted by molar-refractivity contribution is 0.797. The van der Waals surface area contributed by atoms with Crippen LogP contribution < -0.4 is 5.56 Å². The Morgan fingerprint density at radius 2 is 2.00 bits per heavy atom. The van der Waals surface area contributed by atoms with Gasteiger partial charge in [-0.1, -0.05) is 32.0 Å². The van der Waals surface area contributed by atoms with E-state index < -0.39 is 0 Å². The first-order chi connectivity index (χ1) is 12.6. The fourth-order valence-corrected chi connectivity index (χ4v) is 3.14. The van der Waals surface area contributed by atoms with Crippen LogP contribution in [0.3, 0.4) is 0 Å². The van der Waals surface area contributed by atoms with E-state index >= 15 is 0 Å². The fraction of sp³-hybridized carbons (Fsp3) is 0.158. The van der Waals surface area contributed by atoms with Crippen molar-refractivity contribution in [3.05, 3.63) is 64.3 Å². The molecule has 0 bridgehead atoms. The van der Waals surface area contributed by atoms with Crippen LogP contribution in [0.4, 0.5) is 0 Å². The molecule has 7 heteroatoms. The smallest absolute Gasteiger partial charge is 0.278 e. The summed E-state index contributed by atoms with van der Waals surface area (Å²) in [6, 6.07) is 9.94. The van der Waals surface area contributed by atoms with Gasteiger partial charge < -0.3 is 4.98 Å². The summed E-state index contributed by atoms with van der Waals surface area (Å²) in [6.07, 6.45) is 4.97. The zero-order chi connectivity index (χ0) is 18.3. The molecule has 0 fully saturated rings. The van der Waals surface area contributed by atoms with E-state index in [2.05, 4.69) is 26.3 Å². The minimum Gasteiger partial charge on any atom is -0.338 e. The molecule has 0 spiro atoms. The van der Waals surface area contributed by atoms with E-state index in [0.717, 1.165) is 16.7 Å². The average molecular weight is 344 g/mol. The number of hydrogen-bond donors (Lipinski definition) is 2. The quantitative estimate of drug-likeness (QED) is 0.596. The highest BCUT2D eigenvalue weighted by Crippen LogP contribution is 2.29. The summed E-state index contributed by atoms with van der Waals surface area (Å²) < 4.78 is 1.26. The molecule has 4 rings (SSSR count). The van der Waals surface area contributed by atoms with Gasteiger partial charge >= 0.3 is 0 Å². The number of H-pyrrole nitrogens is 2. The third kappa shape index (κ3) is 2.40. The summed E-state index contributed by atoms with van der Waals surface area (Å²) in [6.45, 7) is 3.93. The topological polar surface area (TPSA) is 103 Å². The van der Waals surface area contributed by atoms with Crippen molar-refractivity contribution in [2.75, 3.05) is 0 Å². The van der Waals surface area contributed by atoms with Crippen LogP contribution in [0, 0.1) is 11.3 Å². The fourth-order valence-electron chi connectivity index (χ4n) is 3.14. The van der Waals surface area contributed by atoms with Gasteiger partial charge in [0.05, 0.1) is 18.1 Å². The molecule has 0 saturated heterocycles. The molecule has 0 amide bonds. The van der Waals surface area contributed by atoms with Gasteiger partial charge in [-0.25, -0.2) is 0 Å². The SMILES string of the molecule is CC(C)c1c(-c2cccc(-c3cn[nH]c3)c2)[nH]c2c(C#N)cnn2c1=O. The molecule has 0 unspecified atom stereocenters. The predicted molar refractivity (Wildman–Crippen MR) is 97.6 cm³/mol. The first-order valence-electron chi connectivity index (χ1n) is 8.23. The Morgan fingerprint density at radius 3 is 2.69 bits per heavy atom. The lowest BCUT2D eigenvalue weighted by atomic mass is 9.96. The Bertz CT molecular complexity index is 1190. The summed E-state index contributed by atoms with van der Waals surface area (Å²) in [7, 11) is 0. The monoisotopic (exact) mass is 344 g/mol. The van der Waals surface area contributed by atoms with E-state index in [9.17, 15) is 10.1 Å². The number of aromatic amines is 2. The van der Waals surface area contributed by atoms with Crippen LogP contribution >= 0.6 is 0 Å². The third-order valence-electron chi connectivity index (χ3n) is 4.39. The van der Waals surface area contributed by atoms with Gasteiger partial charge in [-0.15, -0.1) is 0 Å². The van der Waals surface area contributed by atoms with Crippen molar-refractivity contribution in [2.45, 2.75) is 19.8 Å². The Labute approximate surface area is 148 Å². The standard InChI is InChI=1S/C19H16N6O/c1-11(2)16-17(24-18-14(7-20)10-23-25(18)19(16)26)13-5-3-4-12(6-13)15-8-21-22-9-15/h3-6,8-11,24H,1-2H3,(H,21,22). The second-order valence-electron chi connectivity index (χ2n) is 6.37. The number of benzene rings is 1. The van der Waals surface area contributed by atoms with Crippen molar-refractivity contribution in [3.63, 3.8) is 0 Å². The van der Waals surface area contributed by atoms with E-state index in [1.54, 1.807) is 6.20 Å². The van der Waals surface area contributed by atoms with Gasteiger partial charge in [0.2, 0.25) is 0 Å². The number of rotatable bonds is 3. The number of nitrogens with one attached hydrogen (secondary N) is 2. The van der Waals surface area contributed by atoms with Crippen LogP contribution in [0.25, 0.3) is 28.0 Å². The summed E-state index contributed by atoms with van der Waals surface area (Å²) in [5.74, 6) is -0.00883. The van der Waals surface area contributed by atoms with E-state index in [1.165, 1.54) is 10.7 Å². The Balaban J connectivity index is 2.02. The minimum atomic E-state index is -0.209. The average Bonchev–Trinajstić information content (AvgIpc) is 3.31. The van der Waals surface area contributed by atoms with Crippen molar-refractivity contribution >= 4 is 5.65 Å². The predicted octanol–water partition coefficient (Wildman–Crippen LogP) is 3.07. The van der Waals surface area contributed by atoms with Gasteiger partial charge in [-0.3, -0.25) is 9.89 Å². The molecule has 2 N–H and O–H groups in total. The number of nitriles is 1. The van der Waals surface area contributed by atoms with Crippen LogP contribution in [-0.2, 0) is 0 Å². The number of nitrogens with zero attached hydrogens (tertiary/aromatic N) is 4. The summed E-state index contributed by atoms with van der Waals surface area (Å²) in [4.78, 5) is 16.2. The molecule has 0 atom stereocenters. The van der Waals surface area contributed by atoms with Gasteiger partial charge in [-0.2, -0.15) is 20.0 Å². The molecule has 26 heavy (non-hydrogen) atoms. The normalized spacial score (nSPS) is 11.2. The van der Waals surface area contributed by atoms with Crippen LogP contribution in [-0.4, -0.2) is 24.8 Å². The van der Waals surface area contributed by atoms with Crippen molar-refractivity contribution in [1.82, 2.24) is 24.8 Å². The number of hydrogen-bond acceptors (Lipinski definition) is 4. The number of aromatic nitrogens is 5. The molecule has 3 aromatic heterocycles. The van der Waals surface area contributed by atoms with Gasteiger partial charge in [-0.05, 0) is 23.1 Å². The van der Waals surface area contributed by atoms with Crippen LogP contribution in [0.15, 0.2) is 47.7 Å². The number of fused-ring (bicyclic) bond motifs is 1. The molecular formula is C19H16N6O. The molecule has 4 aromatic rings. The first kappa shape index (κ1) is 15.8. The Morgan fingerprint density at radius 1 is 1.19 bits per heavy atom. The van der Waals surface area contributed by atoms with E-state index in [-0.39, 0.29) is 11.5 Å². The second kappa shape index (κ2) is 6.01. The van der Waals surface area contributed by atoms with Crippen LogP contribution in [0.1, 0.15) is 30.9 Å². The van der Waals surface area contributed by atoms with Crippen LogP contribution in [0.5, 0.6) is 0 Å². The Kier molecular flexibility index (Phi) is 3.66. The molecule has 0 aliphatic heterocycles. The lowest BCUT2D eigenvalue weighted by Gasteiger charge is -2.14. The molecule has 0 saturated carbocycles. The minimum absolute atomic E-state index is 0.00883. The first-order valence-corrected chi connectivity index (χ1v) is 8.23. The molecule has 3 heterocycles. The third-order valence-corrected chi connectivity index (χ3v) is 4.39. The van der Waals surface area contributed by atoms with Crippen molar-refractivity contribution in [3.8, 4) is 28.5 Å². The highest BCUT2D eigenvalue weighted by molar-refractivity contribution is 5.74. The zero-order valence-electron chi connectivity index (χ0n) is 14.3. The molecule has 0 aliphatic carbocycles. The molecule has 7 nitrogen and oxygen atoms in total. The molecule has 128 valence electrons. The van der Waals surface area contributed by atoms with Gasteiger partial charge in [0.15, 0.2) is 5.65 Å². The van der Waals surface area contributed by atoms with E-state index in [1.807, 2.05) is 44.3 Å². The summed E-state index contributed by atoms with van der Waals surface area (Å²) in [5, 5.41) is 20.1. The second-order valence-corrected chi connectivity index (χ2v) is 6.37. The molecule has 0 radical (unpaired) electrons. The molecular weight excluding hydrogens is 328 g/mol. The Hall–Kier alpha value is -3.66. The van der Waals surface area contributed by atoms with Crippen LogP contribution in [0.2, 0.25) is 0 Å². The largest absolute Gasteiger partial charge is 0.338 e. The molecule has 0 aliphatic rings. The maximum absolute atomic E-state index is 13.0. The van der Waals surface area contributed by atoms with Gasteiger partial charge in [0.1, 0.15) is 11.6 Å². The highest BCUT2D eigenvalue weighted by Gasteiger charge is 2.19. The maximum Gasteiger partial charge on any atom is 0.278 e. The van der Waals surface area contributed by atoms with Gasteiger partial charge in [0, 0.05) is 17.3 Å².